The smallest absolute Gasteiger partial charge is 0.106 e. The van der Waals surface area contributed by atoms with Crippen molar-refractivity contribution in [2.24, 2.45) is 5.16 Å². The molecular weight excluding hydrogens is 248 g/mol. The molecule has 2 rings (SSSR count). The standard InChI is InChI=1S/C14H19ClN2O/c1-18-16-14(11-17-9-3-2-4-10-17)12-5-7-13(15)8-6-12/h5-8H,2-4,9-11H2,1H3/b16-14+. The van der Waals surface area contributed by atoms with Crippen LogP contribution in [0.3, 0.4) is 0 Å². The SMILES string of the molecule is CO/N=C(\CN1CCCCC1)c1ccc(Cl)cc1. The third-order valence-electron chi connectivity index (χ3n) is 3.20. The van der Waals surface area contributed by atoms with Crippen molar-refractivity contribution in [2.45, 2.75) is 19.3 Å². The topological polar surface area (TPSA) is 24.8 Å². The summed E-state index contributed by atoms with van der Waals surface area (Å²) in [6.45, 7) is 3.14. The molecule has 1 saturated heterocycles. The van der Waals surface area contributed by atoms with Gasteiger partial charge < -0.3 is 4.84 Å². The summed E-state index contributed by atoms with van der Waals surface area (Å²) < 4.78 is 0. The van der Waals surface area contributed by atoms with E-state index in [4.69, 9.17) is 16.4 Å². The first kappa shape index (κ1) is 13.4. The maximum absolute atomic E-state index is 5.90. The van der Waals surface area contributed by atoms with Gasteiger partial charge in [-0.25, -0.2) is 0 Å². The predicted octanol–water partition coefficient (Wildman–Crippen LogP) is 3.18. The minimum atomic E-state index is 0.744. The van der Waals surface area contributed by atoms with Gasteiger partial charge in [-0.15, -0.1) is 0 Å². The van der Waals surface area contributed by atoms with E-state index in [0.29, 0.717) is 0 Å². The van der Waals surface area contributed by atoms with E-state index < -0.39 is 0 Å². The molecule has 1 fully saturated rings. The van der Waals surface area contributed by atoms with E-state index in [0.717, 1.165) is 35.9 Å². The predicted molar refractivity (Wildman–Crippen MR) is 75.3 cm³/mol. The van der Waals surface area contributed by atoms with E-state index >= 15 is 0 Å². The Balaban J connectivity index is 2.08. The number of rotatable bonds is 4. The second-order valence-corrected chi connectivity index (χ2v) is 5.00. The van der Waals surface area contributed by atoms with Crippen LogP contribution < -0.4 is 0 Å². The van der Waals surface area contributed by atoms with Gasteiger partial charge in [0.25, 0.3) is 0 Å². The van der Waals surface area contributed by atoms with Crippen molar-refractivity contribution in [1.29, 1.82) is 0 Å². The molecule has 0 atom stereocenters. The largest absolute Gasteiger partial charge is 0.399 e. The molecule has 1 aliphatic heterocycles. The van der Waals surface area contributed by atoms with Crippen LogP contribution in [0, 0.1) is 0 Å². The van der Waals surface area contributed by atoms with Gasteiger partial charge in [0.15, 0.2) is 0 Å². The first-order chi connectivity index (χ1) is 8.79. The average Bonchev–Trinajstić information content (AvgIpc) is 2.40. The van der Waals surface area contributed by atoms with Crippen LogP contribution in [-0.2, 0) is 4.84 Å². The van der Waals surface area contributed by atoms with Crippen LogP contribution in [0.25, 0.3) is 0 Å². The molecule has 0 aliphatic carbocycles. The average molecular weight is 267 g/mol. The molecule has 1 aromatic carbocycles. The van der Waals surface area contributed by atoms with Crippen LogP contribution in [0.1, 0.15) is 24.8 Å². The highest BCUT2D eigenvalue weighted by atomic mass is 35.5. The molecule has 1 aromatic rings. The molecule has 0 saturated carbocycles. The zero-order chi connectivity index (χ0) is 12.8. The molecule has 98 valence electrons. The van der Waals surface area contributed by atoms with Gasteiger partial charge in [-0.05, 0) is 38.1 Å². The van der Waals surface area contributed by atoms with Gasteiger partial charge in [0.2, 0.25) is 0 Å². The molecule has 0 N–H and O–H groups in total. The Morgan fingerprint density at radius 3 is 2.50 bits per heavy atom. The fourth-order valence-electron chi connectivity index (χ4n) is 2.25. The molecule has 0 spiro atoms. The summed E-state index contributed by atoms with van der Waals surface area (Å²) in [5, 5.41) is 4.89. The Hall–Kier alpha value is -1.06. The molecule has 0 unspecified atom stereocenters. The number of likely N-dealkylation sites (tertiary alicyclic amines) is 1. The minimum absolute atomic E-state index is 0.744. The molecule has 3 nitrogen and oxygen atoms in total. The third kappa shape index (κ3) is 3.72. The summed E-state index contributed by atoms with van der Waals surface area (Å²) in [5.74, 6) is 0. The lowest BCUT2D eigenvalue weighted by Gasteiger charge is -2.26. The Morgan fingerprint density at radius 1 is 1.22 bits per heavy atom. The summed E-state index contributed by atoms with van der Waals surface area (Å²) in [6, 6.07) is 7.75. The van der Waals surface area contributed by atoms with E-state index in [1.54, 1.807) is 7.11 Å². The molecule has 1 heterocycles. The second-order valence-electron chi connectivity index (χ2n) is 4.56. The molecule has 18 heavy (non-hydrogen) atoms. The number of oxime groups is 1. The zero-order valence-corrected chi connectivity index (χ0v) is 11.5. The molecule has 0 bridgehead atoms. The lowest BCUT2D eigenvalue weighted by Crippen LogP contribution is -2.34. The van der Waals surface area contributed by atoms with Crippen molar-refractivity contribution in [3.8, 4) is 0 Å². The maximum Gasteiger partial charge on any atom is 0.106 e. The van der Waals surface area contributed by atoms with Crippen molar-refractivity contribution < 1.29 is 4.84 Å². The van der Waals surface area contributed by atoms with Crippen molar-refractivity contribution >= 4 is 17.3 Å². The highest BCUT2D eigenvalue weighted by molar-refractivity contribution is 6.30. The second kappa shape index (κ2) is 6.76. The summed E-state index contributed by atoms with van der Waals surface area (Å²) in [4.78, 5) is 7.39. The van der Waals surface area contributed by atoms with Crippen molar-refractivity contribution in [1.82, 2.24) is 4.90 Å². The Morgan fingerprint density at radius 2 is 1.89 bits per heavy atom. The van der Waals surface area contributed by atoms with Crippen LogP contribution >= 0.6 is 11.6 Å². The summed E-state index contributed by atoms with van der Waals surface area (Å²) >= 11 is 5.90. The van der Waals surface area contributed by atoms with E-state index in [9.17, 15) is 0 Å². The molecular formula is C14H19ClN2O. The number of halogens is 1. The van der Waals surface area contributed by atoms with Gasteiger partial charge in [0, 0.05) is 17.1 Å². The molecule has 0 amide bonds. The van der Waals surface area contributed by atoms with E-state index in [1.807, 2.05) is 24.3 Å². The van der Waals surface area contributed by atoms with Crippen LogP contribution in [0.15, 0.2) is 29.4 Å². The van der Waals surface area contributed by atoms with Crippen molar-refractivity contribution in [2.75, 3.05) is 26.7 Å². The first-order valence-corrected chi connectivity index (χ1v) is 6.75. The number of piperidine rings is 1. The van der Waals surface area contributed by atoms with Gasteiger partial charge >= 0.3 is 0 Å². The van der Waals surface area contributed by atoms with Crippen LogP contribution in [0.5, 0.6) is 0 Å². The maximum atomic E-state index is 5.90. The Kier molecular flexibility index (Phi) is 5.02. The fourth-order valence-corrected chi connectivity index (χ4v) is 2.38. The monoisotopic (exact) mass is 266 g/mol. The van der Waals surface area contributed by atoms with E-state index in [2.05, 4.69) is 10.1 Å². The third-order valence-corrected chi connectivity index (χ3v) is 3.45. The number of hydrogen-bond acceptors (Lipinski definition) is 3. The molecule has 4 heteroatoms. The zero-order valence-electron chi connectivity index (χ0n) is 10.7. The molecule has 1 aliphatic rings. The Bertz CT molecular complexity index is 397. The van der Waals surface area contributed by atoms with Gasteiger partial charge in [0.05, 0.1) is 0 Å². The molecule has 0 radical (unpaired) electrons. The lowest BCUT2D eigenvalue weighted by atomic mass is 10.1. The summed E-state index contributed by atoms with van der Waals surface area (Å²) in [5.41, 5.74) is 2.04. The normalized spacial score (nSPS) is 17.8. The van der Waals surface area contributed by atoms with Gasteiger partial charge in [0.1, 0.15) is 12.8 Å². The summed E-state index contributed by atoms with van der Waals surface area (Å²) in [7, 11) is 1.59. The van der Waals surface area contributed by atoms with Crippen LogP contribution in [0.2, 0.25) is 5.02 Å². The van der Waals surface area contributed by atoms with Gasteiger partial charge in [-0.1, -0.05) is 35.3 Å². The fraction of sp³-hybridized carbons (Fsp3) is 0.500. The van der Waals surface area contributed by atoms with E-state index in [-0.39, 0.29) is 0 Å². The van der Waals surface area contributed by atoms with E-state index in [1.165, 1.54) is 19.3 Å². The molecule has 0 aromatic heterocycles. The summed E-state index contributed by atoms with van der Waals surface area (Å²) in [6.07, 6.45) is 3.90. The van der Waals surface area contributed by atoms with Gasteiger partial charge in [-0.2, -0.15) is 0 Å². The number of benzene rings is 1. The first-order valence-electron chi connectivity index (χ1n) is 6.38. The van der Waals surface area contributed by atoms with Crippen LogP contribution in [0.4, 0.5) is 0 Å². The number of hydrogen-bond donors (Lipinski definition) is 0. The van der Waals surface area contributed by atoms with Crippen LogP contribution in [-0.4, -0.2) is 37.4 Å². The quantitative estimate of drug-likeness (QED) is 0.618. The minimum Gasteiger partial charge on any atom is -0.399 e. The highest BCUT2D eigenvalue weighted by Gasteiger charge is 2.14. The van der Waals surface area contributed by atoms with Gasteiger partial charge in [-0.3, -0.25) is 4.90 Å². The van der Waals surface area contributed by atoms with Crippen molar-refractivity contribution in [3.05, 3.63) is 34.9 Å². The highest BCUT2D eigenvalue weighted by Crippen LogP contribution is 2.13. The number of nitrogens with zero attached hydrogens (tertiary/aromatic N) is 2. The van der Waals surface area contributed by atoms with Crippen molar-refractivity contribution in [3.63, 3.8) is 0 Å². The lowest BCUT2D eigenvalue weighted by molar-refractivity contribution is 0.207. The Labute approximate surface area is 113 Å².